The van der Waals surface area contributed by atoms with Crippen molar-refractivity contribution in [3.05, 3.63) is 33.8 Å². The molecule has 0 unspecified atom stereocenters. The molecular formula is C12H7ClN2O4S. The Morgan fingerprint density at radius 3 is 2.70 bits per heavy atom. The van der Waals surface area contributed by atoms with Crippen LogP contribution >= 0.6 is 22.9 Å². The highest BCUT2D eigenvalue weighted by atomic mass is 35.5. The molecule has 0 spiro atoms. The summed E-state index contributed by atoms with van der Waals surface area (Å²) in [5.74, 6) is -0.422. The molecule has 8 heteroatoms. The van der Waals surface area contributed by atoms with Crippen LogP contribution in [0.4, 0.5) is 0 Å². The molecule has 0 bridgehead atoms. The summed E-state index contributed by atoms with van der Waals surface area (Å²) >= 11 is 6.49. The third-order valence-corrected chi connectivity index (χ3v) is 3.52. The van der Waals surface area contributed by atoms with Gasteiger partial charge in [0.15, 0.2) is 10.0 Å². The monoisotopic (exact) mass is 310 g/mol. The van der Waals surface area contributed by atoms with E-state index in [1.165, 1.54) is 13.2 Å². The number of carbonyl (C=O) groups is 1. The largest absolute Gasteiger partial charge is 0.497 e. The third-order valence-electron chi connectivity index (χ3n) is 2.21. The Morgan fingerprint density at radius 2 is 2.15 bits per heavy atom. The molecule has 1 heterocycles. The van der Waals surface area contributed by atoms with Gasteiger partial charge in [-0.3, -0.25) is 0 Å². The summed E-state index contributed by atoms with van der Waals surface area (Å²) in [6.45, 7) is 0. The Labute approximate surface area is 122 Å². The van der Waals surface area contributed by atoms with Crippen molar-refractivity contribution in [1.82, 2.24) is 4.98 Å². The first kappa shape index (κ1) is 14.1. The number of nitriles is 1. The lowest BCUT2D eigenvalue weighted by atomic mass is 10.2. The Morgan fingerprint density at radius 1 is 1.45 bits per heavy atom. The molecule has 0 radical (unpaired) electrons. The maximum atomic E-state index is 10.9. The molecule has 0 amide bonds. The molecule has 0 fully saturated rings. The summed E-state index contributed by atoms with van der Waals surface area (Å²) in [6, 6.07) is 6.55. The number of rotatable bonds is 4. The van der Waals surface area contributed by atoms with Crippen molar-refractivity contribution < 1.29 is 19.4 Å². The Kier molecular flexibility index (Phi) is 4.08. The van der Waals surface area contributed by atoms with Gasteiger partial charge >= 0.3 is 5.97 Å². The number of carboxylic acid groups (broad SMARTS) is 1. The predicted octanol–water partition coefficient (Wildman–Crippen LogP) is 3.17. The van der Waals surface area contributed by atoms with Gasteiger partial charge in [-0.05, 0) is 12.1 Å². The molecule has 0 aliphatic heterocycles. The van der Waals surface area contributed by atoms with Gasteiger partial charge in [0.25, 0.3) is 5.19 Å². The van der Waals surface area contributed by atoms with Crippen molar-refractivity contribution in [2.45, 2.75) is 0 Å². The molecule has 1 aromatic carbocycles. The van der Waals surface area contributed by atoms with Gasteiger partial charge < -0.3 is 14.6 Å². The van der Waals surface area contributed by atoms with E-state index in [9.17, 15) is 4.79 Å². The highest BCUT2D eigenvalue weighted by molar-refractivity contribution is 7.15. The fraction of sp³-hybridized carbons (Fsp3) is 0.0833. The van der Waals surface area contributed by atoms with Gasteiger partial charge in [0.05, 0.1) is 18.7 Å². The third kappa shape index (κ3) is 2.99. The van der Waals surface area contributed by atoms with Crippen LogP contribution in [0.15, 0.2) is 18.2 Å². The van der Waals surface area contributed by atoms with Crippen LogP contribution in [0.5, 0.6) is 16.7 Å². The van der Waals surface area contributed by atoms with Crippen LogP contribution in [0.3, 0.4) is 0 Å². The Balaban J connectivity index is 2.32. The average Bonchev–Trinajstić information content (AvgIpc) is 2.79. The second-order valence-electron chi connectivity index (χ2n) is 3.52. The van der Waals surface area contributed by atoms with Gasteiger partial charge in [-0.1, -0.05) is 22.9 Å². The molecule has 0 atom stereocenters. The second-order valence-corrected chi connectivity index (χ2v) is 4.84. The smallest absolute Gasteiger partial charge is 0.349 e. The summed E-state index contributed by atoms with van der Waals surface area (Å²) in [6.07, 6.45) is 0. The van der Waals surface area contributed by atoms with E-state index in [0.717, 1.165) is 11.3 Å². The van der Waals surface area contributed by atoms with Crippen LogP contribution in [-0.4, -0.2) is 23.2 Å². The minimum absolute atomic E-state index is 0.0737. The Hall–Kier alpha value is -2.30. The molecule has 2 rings (SSSR count). The summed E-state index contributed by atoms with van der Waals surface area (Å²) in [5.41, 5.74) is 0.348. The van der Waals surface area contributed by atoms with E-state index in [2.05, 4.69) is 4.98 Å². The van der Waals surface area contributed by atoms with Crippen molar-refractivity contribution in [3.63, 3.8) is 0 Å². The van der Waals surface area contributed by atoms with Gasteiger partial charge in [-0.15, -0.1) is 0 Å². The standard InChI is InChI=1S/C12H7ClN2O4S/c1-18-7-2-6(5-14)3-8(4-7)19-12-15-10(13)9(20-12)11(16)17/h2-4H,1H3,(H,16,17). The van der Waals surface area contributed by atoms with Gasteiger partial charge in [0.2, 0.25) is 0 Å². The number of carboxylic acids is 1. The number of benzene rings is 1. The molecule has 102 valence electrons. The van der Waals surface area contributed by atoms with Crippen molar-refractivity contribution in [1.29, 1.82) is 5.26 Å². The fourth-order valence-electron chi connectivity index (χ4n) is 1.37. The highest BCUT2D eigenvalue weighted by Gasteiger charge is 2.17. The van der Waals surface area contributed by atoms with E-state index >= 15 is 0 Å². The zero-order chi connectivity index (χ0) is 14.7. The maximum Gasteiger partial charge on any atom is 0.349 e. The molecule has 6 nitrogen and oxygen atoms in total. The summed E-state index contributed by atoms with van der Waals surface area (Å²) in [4.78, 5) is 14.5. The second kappa shape index (κ2) is 5.77. The van der Waals surface area contributed by atoms with Gasteiger partial charge in [0, 0.05) is 6.07 Å². The van der Waals surface area contributed by atoms with Crippen LogP contribution in [-0.2, 0) is 0 Å². The van der Waals surface area contributed by atoms with Crippen LogP contribution in [0, 0.1) is 11.3 Å². The van der Waals surface area contributed by atoms with E-state index in [-0.39, 0.29) is 15.2 Å². The molecule has 2 aromatic rings. The Bertz CT molecular complexity index is 708. The van der Waals surface area contributed by atoms with Crippen molar-refractivity contribution in [2.24, 2.45) is 0 Å². The van der Waals surface area contributed by atoms with Crippen molar-refractivity contribution >= 4 is 28.9 Å². The minimum Gasteiger partial charge on any atom is -0.497 e. The number of aromatic carboxylic acids is 1. The van der Waals surface area contributed by atoms with E-state index in [1.54, 1.807) is 12.1 Å². The van der Waals surface area contributed by atoms with E-state index in [0.29, 0.717) is 17.1 Å². The molecule has 0 aliphatic carbocycles. The van der Waals surface area contributed by atoms with Gasteiger partial charge in [0.1, 0.15) is 11.5 Å². The number of hydrogen-bond donors (Lipinski definition) is 1. The lowest BCUT2D eigenvalue weighted by molar-refractivity contribution is 0.0702. The minimum atomic E-state index is -1.18. The first-order chi connectivity index (χ1) is 9.53. The van der Waals surface area contributed by atoms with Crippen LogP contribution in [0.1, 0.15) is 15.2 Å². The molecule has 1 N–H and O–H groups in total. The lowest BCUT2D eigenvalue weighted by Gasteiger charge is -2.05. The van der Waals surface area contributed by atoms with E-state index < -0.39 is 5.97 Å². The average molecular weight is 311 g/mol. The summed E-state index contributed by atoms with van der Waals surface area (Å²) in [7, 11) is 1.46. The molecule has 0 saturated carbocycles. The first-order valence-electron chi connectivity index (χ1n) is 5.20. The quantitative estimate of drug-likeness (QED) is 0.932. The number of thiazole rings is 1. The number of hydrogen-bond acceptors (Lipinski definition) is 6. The molecule has 0 saturated heterocycles. The van der Waals surface area contributed by atoms with E-state index in [1.807, 2.05) is 6.07 Å². The van der Waals surface area contributed by atoms with Crippen molar-refractivity contribution in [3.8, 4) is 22.8 Å². The van der Waals surface area contributed by atoms with Crippen molar-refractivity contribution in [2.75, 3.05) is 7.11 Å². The van der Waals surface area contributed by atoms with E-state index in [4.69, 9.17) is 31.4 Å². The normalized spacial score (nSPS) is 9.85. The zero-order valence-electron chi connectivity index (χ0n) is 10.1. The fourth-order valence-corrected chi connectivity index (χ4v) is 2.36. The summed E-state index contributed by atoms with van der Waals surface area (Å²) < 4.78 is 10.4. The highest BCUT2D eigenvalue weighted by Crippen LogP contribution is 2.33. The van der Waals surface area contributed by atoms with Crippen LogP contribution in [0.25, 0.3) is 0 Å². The number of nitrogens with zero attached hydrogens (tertiary/aromatic N) is 2. The number of halogens is 1. The lowest BCUT2D eigenvalue weighted by Crippen LogP contribution is -1.91. The SMILES string of the molecule is COc1cc(C#N)cc(Oc2nc(Cl)c(C(=O)O)s2)c1. The topological polar surface area (TPSA) is 92.4 Å². The number of aromatic nitrogens is 1. The zero-order valence-corrected chi connectivity index (χ0v) is 11.7. The van der Waals surface area contributed by atoms with Gasteiger partial charge in [-0.2, -0.15) is 10.2 Å². The molecule has 0 aliphatic rings. The number of ether oxygens (including phenoxy) is 2. The maximum absolute atomic E-state index is 10.9. The molecule has 20 heavy (non-hydrogen) atoms. The van der Waals surface area contributed by atoms with Crippen LogP contribution in [0.2, 0.25) is 5.15 Å². The number of methoxy groups -OCH3 is 1. The molecular weight excluding hydrogens is 304 g/mol. The summed E-state index contributed by atoms with van der Waals surface area (Å²) in [5, 5.41) is 17.7. The molecule has 1 aromatic heterocycles. The van der Waals surface area contributed by atoms with Gasteiger partial charge in [-0.25, -0.2) is 4.79 Å². The first-order valence-corrected chi connectivity index (χ1v) is 6.39. The van der Waals surface area contributed by atoms with Crippen LogP contribution < -0.4 is 9.47 Å². The predicted molar refractivity (Wildman–Crippen MR) is 71.9 cm³/mol.